The SMILES string of the molecule is CCc1c(C(=O)N2CCOc3ccc(-c4ccc(C(=O)NCCC(F)(F)F)cc4)cc3C2)ccc(S(C)(=O)=O)c1F. The third-order valence-electron chi connectivity index (χ3n) is 6.69. The Kier molecular flexibility index (Phi) is 8.71. The Balaban J connectivity index is 1.54. The summed E-state index contributed by atoms with van der Waals surface area (Å²) in [5.74, 6) is -1.42. The first kappa shape index (κ1) is 30.0. The molecule has 1 heterocycles. The van der Waals surface area contributed by atoms with Crippen LogP contribution in [0.4, 0.5) is 17.6 Å². The predicted molar refractivity (Wildman–Crippen MR) is 144 cm³/mol. The lowest BCUT2D eigenvalue weighted by Crippen LogP contribution is -2.33. The summed E-state index contributed by atoms with van der Waals surface area (Å²) in [6.07, 6.45) is -4.44. The van der Waals surface area contributed by atoms with Crippen LogP contribution in [0, 0.1) is 5.82 Å². The van der Waals surface area contributed by atoms with Gasteiger partial charge in [0.1, 0.15) is 23.1 Å². The van der Waals surface area contributed by atoms with Gasteiger partial charge in [0.25, 0.3) is 11.8 Å². The van der Waals surface area contributed by atoms with E-state index in [1.807, 2.05) is 12.1 Å². The largest absolute Gasteiger partial charge is 0.491 e. The molecule has 1 aliphatic rings. The van der Waals surface area contributed by atoms with Crippen molar-refractivity contribution in [2.24, 2.45) is 0 Å². The van der Waals surface area contributed by atoms with E-state index in [0.29, 0.717) is 11.3 Å². The van der Waals surface area contributed by atoms with Gasteiger partial charge in [0.05, 0.1) is 13.0 Å². The van der Waals surface area contributed by atoms with Gasteiger partial charge in [-0.1, -0.05) is 25.1 Å². The summed E-state index contributed by atoms with van der Waals surface area (Å²) in [4.78, 5) is 26.7. The molecule has 0 fully saturated rings. The number of fused-ring (bicyclic) bond motifs is 1. The van der Waals surface area contributed by atoms with Gasteiger partial charge in [-0.2, -0.15) is 13.2 Å². The molecule has 0 aliphatic carbocycles. The average Bonchev–Trinajstić information content (AvgIpc) is 3.13. The molecule has 12 heteroatoms. The van der Waals surface area contributed by atoms with Gasteiger partial charge in [-0.3, -0.25) is 9.59 Å². The summed E-state index contributed by atoms with van der Waals surface area (Å²) in [5, 5.41) is 2.25. The molecule has 0 saturated heterocycles. The standard InChI is InChI=1S/C29H28F4N2O5S/c1-3-22-23(9-11-25(26(22)30)41(2,38)39)28(37)35-14-15-40-24-10-8-20(16-21(24)17-35)18-4-6-19(7-5-18)27(36)34-13-12-29(31,32)33/h4-11,16H,3,12-15,17H2,1-2H3,(H,34,36). The van der Waals surface area contributed by atoms with Gasteiger partial charge in [0, 0.05) is 41.6 Å². The Morgan fingerprint density at radius 3 is 2.34 bits per heavy atom. The number of halogens is 4. The number of nitrogens with one attached hydrogen (secondary N) is 1. The Bertz CT molecular complexity index is 1570. The van der Waals surface area contributed by atoms with E-state index >= 15 is 4.39 Å². The lowest BCUT2D eigenvalue weighted by molar-refractivity contribution is -0.133. The van der Waals surface area contributed by atoms with Gasteiger partial charge >= 0.3 is 6.18 Å². The van der Waals surface area contributed by atoms with Crippen molar-refractivity contribution in [1.82, 2.24) is 10.2 Å². The third-order valence-corrected chi connectivity index (χ3v) is 7.81. The van der Waals surface area contributed by atoms with Gasteiger partial charge in [0.2, 0.25) is 0 Å². The van der Waals surface area contributed by atoms with E-state index < -0.39 is 51.5 Å². The maximum Gasteiger partial charge on any atom is 0.390 e. The number of sulfone groups is 1. The second-order valence-electron chi connectivity index (χ2n) is 9.63. The van der Waals surface area contributed by atoms with E-state index in [9.17, 15) is 31.2 Å². The number of carbonyl (C=O) groups is 2. The van der Waals surface area contributed by atoms with Crippen molar-refractivity contribution in [1.29, 1.82) is 0 Å². The molecule has 0 bridgehead atoms. The first-order valence-corrected chi connectivity index (χ1v) is 14.7. The van der Waals surface area contributed by atoms with Crippen molar-refractivity contribution >= 4 is 21.7 Å². The van der Waals surface area contributed by atoms with Crippen molar-refractivity contribution < 1.29 is 40.3 Å². The molecule has 3 aromatic rings. The molecule has 0 unspecified atom stereocenters. The van der Waals surface area contributed by atoms with Crippen molar-refractivity contribution in [2.75, 3.05) is 26.0 Å². The van der Waals surface area contributed by atoms with Crippen molar-refractivity contribution in [3.8, 4) is 16.9 Å². The summed E-state index contributed by atoms with van der Waals surface area (Å²) >= 11 is 0. The Hall–Kier alpha value is -3.93. The van der Waals surface area contributed by atoms with Crippen molar-refractivity contribution in [3.05, 3.63) is 82.7 Å². The molecule has 7 nitrogen and oxygen atoms in total. The molecular weight excluding hydrogens is 564 g/mol. The number of carbonyl (C=O) groups excluding carboxylic acids is 2. The van der Waals surface area contributed by atoms with Gasteiger partial charge < -0.3 is 15.0 Å². The molecule has 0 aromatic heterocycles. The van der Waals surface area contributed by atoms with E-state index in [1.165, 1.54) is 23.1 Å². The molecule has 0 radical (unpaired) electrons. The van der Waals surface area contributed by atoms with Gasteiger partial charge in [-0.05, 0) is 53.9 Å². The fraction of sp³-hybridized carbons (Fsp3) is 0.310. The number of benzene rings is 3. The number of hydrogen-bond acceptors (Lipinski definition) is 5. The maximum absolute atomic E-state index is 15.1. The highest BCUT2D eigenvalue weighted by molar-refractivity contribution is 7.90. The molecule has 1 aliphatic heterocycles. The van der Waals surface area contributed by atoms with Crippen LogP contribution in [0.15, 0.2) is 59.5 Å². The van der Waals surface area contributed by atoms with Crippen molar-refractivity contribution in [2.45, 2.75) is 37.4 Å². The molecule has 3 aromatic carbocycles. The minimum Gasteiger partial charge on any atom is -0.491 e. The lowest BCUT2D eigenvalue weighted by atomic mass is 10.00. The predicted octanol–water partition coefficient (Wildman–Crippen LogP) is 5.18. The zero-order valence-electron chi connectivity index (χ0n) is 22.3. The molecule has 0 spiro atoms. The minimum atomic E-state index is -4.36. The van der Waals surface area contributed by atoms with Crippen LogP contribution in [0.25, 0.3) is 11.1 Å². The average molecular weight is 593 g/mol. The van der Waals surface area contributed by atoms with E-state index in [-0.39, 0.29) is 42.8 Å². The van der Waals surface area contributed by atoms with Gasteiger partial charge in [-0.25, -0.2) is 12.8 Å². The second kappa shape index (κ2) is 11.9. The van der Waals surface area contributed by atoms with Crippen LogP contribution in [0.1, 0.15) is 45.2 Å². The highest BCUT2D eigenvalue weighted by atomic mass is 32.2. The van der Waals surface area contributed by atoms with E-state index in [0.717, 1.165) is 23.4 Å². The first-order chi connectivity index (χ1) is 19.3. The Morgan fingerprint density at radius 1 is 1.02 bits per heavy atom. The van der Waals surface area contributed by atoms with E-state index in [1.54, 1.807) is 25.1 Å². The molecule has 0 atom stereocenters. The fourth-order valence-electron chi connectivity index (χ4n) is 4.58. The first-order valence-electron chi connectivity index (χ1n) is 12.8. The fourth-order valence-corrected chi connectivity index (χ4v) is 5.35. The highest BCUT2D eigenvalue weighted by Gasteiger charge is 2.28. The topological polar surface area (TPSA) is 92.8 Å². The number of alkyl halides is 3. The number of amides is 2. The molecule has 0 saturated carbocycles. The summed E-state index contributed by atoms with van der Waals surface area (Å²) < 4.78 is 81.8. The number of rotatable bonds is 7. The quantitative estimate of drug-likeness (QED) is 0.382. The van der Waals surface area contributed by atoms with Crippen LogP contribution >= 0.6 is 0 Å². The molecule has 2 amide bonds. The zero-order valence-corrected chi connectivity index (χ0v) is 23.2. The van der Waals surface area contributed by atoms with Gasteiger partial charge in [-0.15, -0.1) is 0 Å². The van der Waals surface area contributed by atoms with Crippen LogP contribution < -0.4 is 10.1 Å². The molecule has 1 N–H and O–H groups in total. The monoisotopic (exact) mass is 592 g/mol. The molecule has 218 valence electrons. The Labute approximate surface area is 235 Å². The van der Waals surface area contributed by atoms with Crippen LogP contribution in [0.3, 0.4) is 0 Å². The maximum atomic E-state index is 15.1. The van der Waals surface area contributed by atoms with Crippen molar-refractivity contribution in [3.63, 3.8) is 0 Å². The number of ether oxygens (including phenoxy) is 1. The van der Waals surface area contributed by atoms with Crippen LogP contribution in [0.2, 0.25) is 0 Å². The normalized spacial score (nSPS) is 13.7. The van der Waals surface area contributed by atoms with Crippen LogP contribution in [-0.2, 0) is 22.8 Å². The minimum absolute atomic E-state index is 0.0274. The molecular formula is C29H28F4N2O5S. The summed E-state index contributed by atoms with van der Waals surface area (Å²) in [6, 6.07) is 14.2. The summed E-state index contributed by atoms with van der Waals surface area (Å²) in [5.41, 5.74) is 2.50. The molecule has 41 heavy (non-hydrogen) atoms. The van der Waals surface area contributed by atoms with Crippen LogP contribution in [-0.4, -0.2) is 57.3 Å². The van der Waals surface area contributed by atoms with E-state index in [4.69, 9.17) is 4.74 Å². The van der Waals surface area contributed by atoms with E-state index in [2.05, 4.69) is 5.32 Å². The summed E-state index contributed by atoms with van der Waals surface area (Å²) in [7, 11) is -3.81. The second-order valence-corrected chi connectivity index (χ2v) is 11.6. The zero-order chi connectivity index (χ0) is 29.9. The number of nitrogens with zero attached hydrogens (tertiary/aromatic N) is 1. The smallest absolute Gasteiger partial charge is 0.390 e. The summed E-state index contributed by atoms with van der Waals surface area (Å²) in [6.45, 7) is 1.70. The lowest BCUT2D eigenvalue weighted by Gasteiger charge is -2.22. The van der Waals surface area contributed by atoms with Crippen LogP contribution in [0.5, 0.6) is 5.75 Å². The third kappa shape index (κ3) is 7.05. The Morgan fingerprint density at radius 2 is 1.71 bits per heavy atom. The molecule has 4 rings (SSSR count). The van der Waals surface area contributed by atoms with Gasteiger partial charge in [0.15, 0.2) is 9.84 Å². The highest BCUT2D eigenvalue weighted by Crippen LogP contribution is 2.31. The number of hydrogen-bond donors (Lipinski definition) is 1.